The van der Waals surface area contributed by atoms with Crippen LogP contribution in [0.2, 0.25) is 0 Å². The Morgan fingerprint density at radius 3 is 1.67 bits per heavy atom. The van der Waals surface area contributed by atoms with Gasteiger partial charge in [-0.05, 0) is 32.9 Å². The molecule has 21 heavy (non-hydrogen) atoms. The number of hydrogen-bond donors (Lipinski definition) is 1. The number of carbonyl (C=O) groups is 1. The normalized spacial score (nSPS) is 12.8. The van der Waals surface area contributed by atoms with Crippen molar-refractivity contribution in [1.82, 2.24) is 4.90 Å². The van der Waals surface area contributed by atoms with Crippen molar-refractivity contribution in [2.75, 3.05) is 13.1 Å². The SMILES string of the molecule is CCCCCCCCCCN(CCCCC)C(C)C(=O)O. The van der Waals surface area contributed by atoms with Crippen molar-refractivity contribution in [1.29, 1.82) is 0 Å². The Kier molecular flexibility index (Phi) is 14.0. The van der Waals surface area contributed by atoms with E-state index in [1.807, 2.05) is 6.92 Å². The third-order valence-corrected chi connectivity index (χ3v) is 4.25. The van der Waals surface area contributed by atoms with Crippen LogP contribution in [-0.4, -0.2) is 35.1 Å². The van der Waals surface area contributed by atoms with Gasteiger partial charge in [0, 0.05) is 0 Å². The molecule has 0 heterocycles. The van der Waals surface area contributed by atoms with Crippen molar-refractivity contribution in [3.63, 3.8) is 0 Å². The van der Waals surface area contributed by atoms with Crippen molar-refractivity contribution in [3.8, 4) is 0 Å². The topological polar surface area (TPSA) is 40.5 Å². The molecule has 0 saturated heterocycles. The summed E-state index contributed by atoms with van der Waals surface area (Å²) in [6.45, 7) is 8.11. The van der Waals surface area contributed by atoms with Crippen LogP contribution in [-0.2, 0) is 4.79 Å². The maximum atomic E-state index is 11.2. The third kappa shape index (κ3) is 11.7. The largest absolute Gasteiger partial charge is 0.480 e. The highest BCUT2D eigenvalue weighted by Gasteiger charge is 2.19. The van der Waals surface area contributed by atoms with Gasteiger partial charge in [0.15, 0.2) is 0 Å². The molecular formula is C18H37NO2. The van der Waals surface area contributed by atoms with Gasteiger partial charge < -0.3 is 5.11 Å². The molecule has 0 aliphatic heterocycles. The van der Waals surface area contributed by atoms with Gasteiger partial charge in [0.1, 0.15) is 6.04 Å². The molecule has 0 saturated carbocycles. The second-order valence-electron chi connectivity index (χ2n) is 6.23. The third-order valence-electron chi connectivity index (χ3n) is 4.25. The van der Waals surface area contributed by atoms with E-state index < -0.39 is 5.97 Å². The molecule has 0 spiro atoms. The maximum absolute atomic E-state index is 11.2. The molecule has 0 amide bonds. The first-order valence-electron chi connectivity index (χ1n) is 9.10. The van der Waals surface area contributed by atoms with Crippen molar-refractivity contribution in [2.45, 2.75) is 97.4 Å². The molecule has 126 valence electrons. The fourth-order valence-corrected chi connectivity index (χ4v) is 2.67. The first-order chi connectivity index (χ1) is 10.1. The summed E-state index contributed by atoms with van der Waals surface area (Å²) in [5, 5.41) is 9.19. The molecule has 0 aromatic carbocycles. The average Bonchev–Trinajstić information content (AvgIpc) is 2.47. The average molecular weight is 299 g/mol. The summed E-state index contributed by atoms with van der Waals surface area (Å²) in [7, 11) is 0. The first-order valence-corrected chi connectivity index (χ1v) is 9.10. The summed E-state index contributed by atoms with van der Waals surface area (Å²) in [5.74, 6) is -0.689. The Labute approximate surface area is 132 Å². The number of carboxylic acids is 1. The van der Waals surface area contributed by atoms with Gasteiger partial charge in [0.2, 0.25) is 0 Å². The van der Waals surface area contributed by atoms with Gasteiger partial charge in [-0.1, -0.05) is 71.6 Å². The Hall–Kier alpha value is -0.570. The monoisotopic (exact) mass is 299 g/mol. The van der Waals surface area contributed by atoms with E-state index in [1.54, 1.807) is 0 Å². The highest BCUT2D eigenvalue weighted by molar-refractivity contribution is 5.72. The fourth-order valence-electron chi connectivity index (χ4n) is 2.67. The predicted molar refractivity (Wildman–Crippen MR) is 90.8 cm³/mol. The van der Waals surface area contributed by atoms with Crippen LogP contribution < -0.4 is 0 Å². The highest BCUT2D eigenvalue weighted by atomic mass is 16.4. The van der Waals surface area contributed by atoms with Crippen molar-refractivity contribution < 1.29 is 9.90 Å². The molecular weight excluding hydrogens is 262 g/mol. The van der Waals surface area contributed by atoms with Crippen LogP contribution >= 0.6 is 0 Å². The van der Waals surface area contributed by atoms with E-state index in [4.69, 9.17) is 0 Å². The van der Waals surface area contributed by atoms with Gasteiger partial charge in [-0.3, -0.25) is 9.69 Å². The quantitative estimate of drug-likeness (QED) is 0.428. The molecule has 0 radical (unpaired) electrons. The van der Waals surface area contributed by atoms with Crippen LogP contribution in [0.3, 0.4) is 0 Å². The van der Waals surface area contributed by atoms with E-state index >= 15 is 0 Å². The smallest absolute Gasteiger partial charge is 0.320 e. The minimum Gasteiger partial charge on any atom is -0.480 e. The zero-order chi connectivity index (χ0) is 15.9. The minimum absolute atomic E-state index is 0.341. The van der Waals surface area contributed by atoms with Crippen LogP contribution in [0, 0.1) is 0 Å². The van der Waals surface area contributed by atoms with Gasteiger partial charge in [-0.15, -0.1) is 0 Å². The fraction of sp³-hybridized carbons (Fsp3) is 0.944. The molecule has 0 aliphatic rings. The molecule has 3 heteroatoms. The van der Waals surface area contributed by atoms with E-state index in [1.165, 1.54) is 57.8 Å². The summed E-state index contributed by atoms with van der Waals surface area (Å²) in [6, 6.07) is -0.341. The molecule has 1 unspecified atom stereocenters. The van der Waals surface area contributed by atoms with Gasteiger partial charge in [-0.2, -0.15) is 0 Å². The summed E-state index contributed by atoms with van der Waals surface area (Å²) < 4.78 is 0. The van der Waals surface area contributed by atoms with Crippen LogP contribution in [0.4, 0.5) is 0 Å². The summed E-state index contributed by atoms with van der Waals surface area (Å²) in [4.78, 5) is 13.3. The number of hydrogen-bond acceptors (Lipinski definition) is 2. The van der Waals surface area contributed by atoms with Gasteiger partial charge >= 0.3 is 5.97 Å². The van der Waals surface area contributed by atoms with E-state index in [0.29, 0.717) is 0 Å². The summed E-state index contributed by atoms with van der Waals surface area (Å²) >= 11 is 0. The Morgan fingerprint density at radius 1 is 0.810 bits per heavy atom. The molecule has 0 aromatic heterocycles. The molecule has 3 nitrogen and oxygen atoms in total. The molecule has 0 fully saturated rings. The number of nitrogens with zero attached hydrogens (tertiary/aromatic N) is 1. The van der Waals surface area contributed by atoms with Crippen LogP contribution in [0.5, 0.6) is 0 Å². The summed E-state index contributed by atoms with van der Waals surface area (Å²) in [6.07, 6.45) is 13.9. The van der Waals surface area contributed by atoms with E-state index in [0.717, 1.165) is 25.9 Å². The van der Waals surface area contributed by atoms with Crippen molar-refractivity contribution in [2.24, 2.45) is 0 Å². The zero-order valence-electron chi connectivity index (χ0n) is 14.6. The number of rotatable bonds is 15. The lowest BCUT2D eigenvalue weighted by molar-refractivity contribution is -0.142. The lowest BCUT2D eigenvalue weighted by Gasteiger charge is -2.26. The number of aliphatic carboxylic acids is 1. The second-order valence-corrected chi connectivity index (χ2v) is 6.23. The standard InChI is InChI=1S/C18H37NO2/c1-4-6-8-9-10-11-12-14-16-19(15-13-7-5-2)17(3)18(20)21/h17H,4-16H2,1-3H3,(H,20,21). The lowest BCUT2D eigenvalue weighted by atomic mass is 10.1. The molecule has 0 aliphatic carbocycles. The van der Waals surface area contributed by atoms with Gasteiger partial charge in [0.05, 0.1) is 0 Å². The first kappa shape index (κ1) is 20.4. The van der Waals surface area contributed by atoms with E-state index in [-0.39, 0.29) is 6.04 Å². The van der Waals surface area contributed by atoms with Gasteiger partial charge in [0.25, 0.3) is 0 Å². The second kappa shape index (κ2) is 14.4. The van der Waals surface area contributed by atoms with E-state index in [2.05, 4.69) is 18.7 Å². The van der Waals surface area contributed by atoms with Crippen LogP contribution in [0.1, 0.15) is 91.4 Å². The van der Waals surface area contributed by atoms with Crippen LogP contribution in [0.15, 0.2) is 0 Å². The maximum Gasteiger partial charge on any atom is 0.320 e. The van der Waals surface area contributed by atoms with E-state index in [9.17, 15) is 9.90 Å². The molecule has 0 bridgehead atoms. The molecule has 1 N–H and O–H groups in total. The Bertz CT molecular complexity index is 243. The Morgan fingerprint density at radius 2 is 1.19 bits per heavy atom. The molecule has 0 rings (SSSR count). The van der Waals surface area contributed by atoms with Crippen molar-refractivity contribution >= 4 is 5.97 Å². The number of carboxylic acid groups (broad SMARTS) is 1. The minimum atomic E-state index is -0.689. The van der Waals surface area contributed by atoms with Gasteiger partial charge in [-0.25, -0.2) is 0 Å². The highest BCUT2D eigenvalue weighted by Crippen LogP contribution is 2.11. The number of unbranched alkanes of at least 4 members (excludes halogenated alkanes) is 9. The zero-order valence-corrected chi connectivity index (χ0v) is 14.6. The molecule has 1 atom stereocenters. The molecule has 0 aromatic rings. The van der Waals surface area contributed by atoms with Crippen molar-refractivity contribution in [3.05, 3.63) is 0 Å². The predicted octanol–water partition coefficient (Wildman–Crippen LogP) is 5.09. The lowest BCUT2D eigenvalue weighted by Crippen LogP contribution is -2.40. The van der Waals surface area contributed by atoms with Crippen LogP contribution in [0.25, 0.3) is 0 Å². The summed E-state index contributed by atoms with van der Waals surface area (Å²) in [5.41, 5.74) is 0. The Balaban J connectivity index is 3.77.